The first kappa shape index (κ1) is 19.3. The first-order chi connectivity index (χ1) is 14.2. The van der Waals surface area contributed by atoms with Crippen molar-refractivity contribution in [1.29, 1.82) is 0 Å². The smallest absolute Gasteiger partial charge is 0.126 e. The molecule has 1 aliphatic carbocycles. The highest BCUT2D eigenvalue weighted by Crippen LogP contribution is 2.24. The van der Waals surface area contributed by atoms with Crippen molar-refractivity contribution in [3.63, 3.8) is 0 Å². The maximum atomic E-state index is 13.3. The Bertz CT molecular complexity index is 953. The summed E-state index contributed by atoms with van der Waals surface area (Å²) in [6.45, 7) is 0.515. The summed E-state index contributed by atoms with van der Waals surface area (Å²) in [4.78, 5) is 9.16. The van der Waals surface area contributed by atoms with Gasteiger partial charge < -0.3 is 16.4 Å². The molecule has 1 fully saturated rings. The molecule has 3 aromatic rings. The predicted molar refractivity (Wildman–Crippen MR) is 115 cm³/mol. The van der Waals surface area contributed by atoms with Gasteiger partial charge in [0.1, 0.15) is 17.5 Å². The van der Waals surface area contributed by atoms with Crippen LogP contribution < -0.4 is 16.4 Å². The summed E-state index contributed by atoms with van der Waals surface area (Å²) in [5.41, 5.74) is 8.74. The van der Waals surface area contributed by atoms with Crippen molar-refractivity contribution in [1.82, 2.24) is 9.97 Å². The zero-order chi connectivity index (χ0) is 20.1. The normalized spacial score (nSPS) is 19.0. The third-order valence-electron chi connectivity index (χ3n) is 5.29. The van der Waals surface area contributed by atoms with Gasteiger partial charge in [-0.2, -0.15) is 0 Å². The van der Waals surface area contributed by atoms with Gasteiger partial charge in [-0.3, -0.25) is 0 Å². The SMILES string of the molecule is N[C@H]1CC[C@H](Nc2cc(-c3cccc(NCc4cccc(F)c4)n3)ccn2)CC1. The van der Waals surface area contributed by atoms with Crippen molar-refractivity contribution >= 4 is 11.6 Å². The van der Waals surface area contributed by atoms with E-state index in [0.717, 1.165) is 54.1 Å². The summed E-state index contributed by atoms with van der Waals surface area (Å²) >= 11 is 0. The van der Waals surface area contributed by atoms with Gasteiger partial charge in [-0.05, 0) is 67.6 Å². The van der Waals surface area contributed by atoms with Crippen LogP contribution in [0.15, 0.2) is 60.8 Å². The van der Waals surface area contributed by atoms with Crippen molar-refractivity contribution in [2.75, 3.05) is 10.6 Å². The Balaban J connectivity index is 1.43. The van der Waals surface area contributed by atoms with Crippen LogP contribution in [0.4, 0.5) is 16.0 Å². The Morgan fingerprint density at radius 3 is 2.62 bits per heavy atom. The fourth-order valence-corrected chi connectivity index (χ4v) is 3.67. The van der Waals surface area contributed by atoms with E-state index in [9.17, 15) is 4.39 Å². The van der Waals surface area contributed by atoms with Crippen LogP contribution in [-0.2, 0) is 6.54 Å². The van der Waals surface area contributed by atoms with Gasteiger partial charge in [-0.15, -0.1) is 0 Å². The predicted octanol–water partition coefficient (Wildman–Crippen LogP) is 4.58. The van der Waals surface area contributed by atoms with Gasteiger partial charge in [0.15, 0.2) is 0 Å². The highest BCUT2D eigenvalue weighted by Gasteiger charge is 2.18. The Hall–Kier alpha value is -2.99. The van der Waals surface area contributed by atoms with E-state index in [1.54, 1.807) is 12.3 Å². The third kappa shape index (κ3) is 5.29. The molecular formula is C23H26FN5. The maximum Gasteiger partial charge on any atom is 0.126 e. The number of hydrogen-bond acceptors (Lipinski definition) is 5. The fourth-order valence-electron chi connectivity index (χ4n) is 3.67. The second kappa shape index (κ2) is 9.01. The Kier molecular flexibility index (Phi) is 6.00. The van der Waals surface area contributed by atoms with Crippen LogP contribution in [0.1, 0.15) is 31.2 Å². The minimum Gasteiger partial charge on any atom is -0.367 e. The number of hydrogen-bond donors (Lipinski definition) is 3. The average Bonchev–Trinajstić information content (AvgIpc) is 2.74. The highest BCUT2D eigenvalue weighted by molar-refractivity contribution is 5.64. The van der Waals surface area contributed by atoms with E-state index in [4.69, 9.17) is 10.7 Å². The lowest BCUT2D eigenvalue weighted by molar-refractivity contribution is 0.410. The maximum absolute atomic E-state index is 13.3. The highest BCUT2D eigenvalue weighted by atomic mass is 19.1. The lowest BCUT2D eigenvalue weighted by atomic mass is 9.92. The zero-order valence-electron chi connectivity index (χ0n) is 16.3. The summed E-state index contributed by atoms with van der Waals surface area (Å²) in [5, 5.41) is 6.79. The molecule has 0 radical (unpaired) electrons. The minimum atomic E-state index is -0.234. The number of nitrogens with one attached hydrogen (secondary N) is 2. The molecule has 0 unspecified atom stereocenters. The molecule has 1 saturated carbocycles. The van der Waals surface area contributed by atoms with Gasteiger partial charge in [0, 0.05) is 30.4 Å². The van der Waals surface area contributed by atoms with E-state index in [0.29, 0.717) is 18.6 Å². The van der Waals surface area contributed by atoms with E-state index in [-0.39, 0.29) is 5.82 Å². The molecule has 0 amide bonds. The van der Waals surface area contributed by atoms with Crippen LogP contribution in [-0.4, -0.2) is 22.1 Å². The molecule has 0 bridgehead atoms. The summed E-state index contributed by atoms with van der Waals surface area (Å²) in [6, 6.07) is 17.2. The standard InChI is InChI=1S/C23H26FN5/c24-18-4-1-3-16(13-18)15-27-22-6-2-5-21(29-22)17-11-12-26-23(14-17)28-20-9-7-19(25)8-10-20/h1-6,11-14,19-20H,7-10,15,25H2,(H,26,28)(H,27,29)/t19-,20-. The van der Waals surface area contributed by atoms with E-state index >= 15 is 0 Å². The number of benzene rings is 1. The molecule has 0 aliphatic heterocycles. The number of nitrogens with zero attached hydrogens (tertiary/aromatic N) is 2. The van der Waals surface area contributed by atoms with Crippen molar-refractivity contribution in [2.45, 2.75) is 44.3 Å². The van der Waals surface area contributed by atoms with Crippen molar-refractivity contribution in [3.8, 4) is 11.3 Å². The van der Waals surface area contributed by atoms with Gasteiger partial charge in [-0.1, -0.05) is 18.2 Å². The molecule has 1 aromatic carbocycles. The third-order valence-corrected chi connectivity index (χ3v) is 5.29. The van der Waals surface area contributed by atoms with Crippen molar-refractivity contribution < 1.29 is 4.39 Å². The summed E-state index contributed by atoms with van der Waals surface area (Å²) in [5.74, 6) is 1.38. The van der Waals surface area contributed by atoms with E-state index in [2.05, 4.69) is 15.6 Å². The number of halogens is 1. The molecule has 0 saturated heterocycles. The van der Waals surface area contributed by atoms with Crippen LogP contribution in [0.3, 0.4) is 0 Å². The first-order valence-electron chi connectivity index (χ1n) is 10.1. The fraction of sp³-hybridized carbons (Fsp3) is 0.304. The number of anilines is 2. The molecule has 4 N–H and O–H groups in total. The van der Waals surface area contributed by atoms with Crippen molar-refractivity contribution in [3.05, 3.63) is 72.2 Å². The zero-order valence-corrected chi connectivity index (χ0v) is 16.3. The molecule has 150 valence electrons. The quantitative estimate of drug-likeness (QED) is 0.574. The van der Waals surface area contributed by atoms with Crippen molar-refractivity contribution in [2.24, 2.45) is 5.73 Å². The molecule has 0 spiro atoms. The van der Waals surface area contributed by atoms with E-state index < -0.39 is 0 Å². The van der Waals surface area contributed by atoms with Gasteiger partial charge in [0.2, 0.25) is 0 Å². The lowest BCUT2D eigenvalue weighted by Crippen LogP contribution is -2.32. The molecule has 29 heavy (non-hydrogen) atoms. The molecule has 5 nitrogen and oxygen atoms in total. The van der Waals surface area contributed by atoms with Crippen LogP contribution in [0.25, 0.3) is 11.3 Å². The van der Waals surface area contributed by atoms with Gasteiger partial charge >= 0.3 is 0 Å². The molecule has 2 aromatic heterocycles. The second-order valence-corrected chi connectivity index (χ2v) is 7.58. The molecule has 6 heteroatoms. The molecule has 0 atom stereocenters. The Morgan fingerprint density at radius 1 is 0.966 bits per heavy atom. The molecular weight excluding hydrogens is 365 g/mol. The average molecular weight is 391 g/mol. The molecule has 1 aliphatic rings. The molecule has 4 rings (SSSR count). The monoisotopic (exact) mass is 391 g/mol. The number of nitrogens with two attached hydrogens (primary N) is 1. The summed E-state index contributed by atoms with van der Waals surface area (Å²) in [6.07, 6.45) is 6.06. The largest absolute Gasteiger partial charge is 0.367 e. The lowest BCUT2D eigenvalue weighted by Gasteiger charge is -2.27. The summed E-state index contributed by atoms with van der Waals surface area (Å²) < 4.78 is 13.3. The minimum absolute atomic E-state index is 0.234. The van der Waals surface area contributed by atoms with E-state index in [1.807, 2.05) is 36.4 Å². The second-order valence-electron chi connectivity index (χ2n) is 7.58. The Morgan fingerprint density at radius 2 is 1.79 bits per heavy atom. The van der Waals surface area contributed by atoms with Crippen LogP contribution >= 0.6 is 0 Å². The van der Waals surface area contributed by atoms with Gasteiger partial charge in [0.05, 0.1) is 5.69 Å². The van der Waals surface area contributed by atoms with Crippen LogP contribution in [0.5, 0.6) is 0 Å². The van der Waals surface area contributed by atoms with Gasteiger partial charge in [0.25, 0.3) is 0 Å². The topological polar surface area (TPSA) is 75.9 Å². The number of rotatable bonds is 6. The summed E-state index contributed by atoms with van der Waals surface area (Å²) in [7, 11) is 0. The van der Waals surface area contributed by atoms with Crippen LogP contribution in [0, 0.1) is 5.82 Å². The number of pyridine rings is 2. The van der Waals surface area contributed by atoms with Crippen LogP contribution in [0.2, 0.25) is 0 Å². The van der Waals surface area contributed by atoms with Gasteiger partial charge in [-0.25, -0.2) is 14.4 Å². The molecule has 2 heterocycles. The van der Waals surface area contributed by atoms with E-state index in [1.165, 1.54) is 12.1 Å². The first-order valence-corrected chi connectivity index (χ1v) is 10.1. The Labute approximate surface area is 170 Å². The number of aromatic nitrogens is 2.